The smallest absolute Gasteiger partial charge is 0.124 e. The van der Waals surface area contributed by atoms with Crippen LogP contribution in [0.5, 0.6) is 0 Å². The van der Waals surface area contributed by atoms with E-state index in [1.54, 1.807) is 6.26 Å². The maximum absolute atomic E-state index is 5.28. The van der Waals surface area contributed by atoms with Crippen LogP contribution in [-0.4, -0.2) is 49.4 Å². The van der Waals surface area contributed by atoms with Gasteiger partial charge in [0, 0.05) is 38.8 Å². The first kappa shape index (κ1) is 10.6. The molecule has 0 radical (unpaired) electrons. The highest BCUT2D eigenvalue weighted by atomic mass is 16.5. The summed E-state index contributed by atoms with van der Waals surface area (Å²) in [5.74, 6) is 0. The topological polar surface area (TPSA) is 50.5 Å². The van der Waals surface area contributed by atoms with Crippen LogP contribution in [0.4, 0.5) is 0 Å². The molecular weight excluding hydrogens is 194 g/mol. The van der Waals surface area contributed by atoms with Crippen molar-refractivity contribution in [1.82, 2.24) is 15.4 Å². The Bertz CT molecular complexity index is 258. The van der Waals surface area contributed by atoms with Crippen molar-refractivity contribution in [3.63, 3.8) is 0 Å². The van der Waals surface area contributed by atoms with Crippen molar-refractivity contribution < 1.29 is 9.26 Å². The zero-order chi connectivity index (χ0) is 10.3. The summed E-state index contributed by atoms with van der Waals surface area (Å²) >= 11 is 0. The monoisotopic (exact) mass is 211 g/mol. The lowest BCUT2D eigenvalue weighted by atomic mass is 10.4. The number of rotatable bonds is 5. The number of hydrogen-bond acceptors (Lipinski definition) is 5. The second-order valence-electron chi connectivity index (χ2n) is 3.62. The molecule has 2 heterocycles. The van der Waals surface area contributed by atoms with E-state index in [2.05, 4.69) is 15.4 Å². The first-order valence-electron chi connectivity index (χ1n) is 5.35. The van der Waals surface area contributed by atoms with Gasteiger partial charge in [0.2, 0.25) is 0 Å². The molecule has 0 amide bonds. The van der Waals surface area contributed by atoms with Gasteiger partial charge >= 0.3 is 0 Å². The van der Waals surface area contributed by atoms with Crippen LogP contribution < -0.4 is 5.32 Å². The van der Waals surface area contributed by atoms with Crippen molar-refractivity contribution in [3.05, 3.63) is 18.0 Å². The average molecular weight is 211 g/mol. The van der Waals surface area contributed by atoms with Crippen LogP contribution >= 0.6 is 0 Å². The highest BCUT2D eigenvalue weighted by Gasteiger charge is 2.08. The number of nitrogens with zero attached hydrogens (tertiary/aromatic N) is 2. The fourth-order valence-electron chi connectivity index (χ4n) is 1.61. The van der Waals surface area contributed by atoms with Crippen molar-refractivity contribution in [2.45, 2.75) is 6.54 Å². The van der Waals surface area contributed by atoms with E-state index in [1.165, 1.54) is 0 Å². The molecule has 1 aliphatic heterocycles. The summed E-state index contributed by atoms with van der Waals surface area (Å²) < 4.78 is 10.0. The number of aromatic nitrogens is 1. The van der Waals surface area contributed by atoms with Crippen LogP contribution in [0, 0.1) is 0 Å². The molecule has 15 heavy (non-hydrogen) atoms. The summed E-state index contributed by atoms with van der Waals surface area (Å²) in [7, 11) is 0. The first-order valence-corrected chi connectivity index (χ1v) is 5.35. The van der Waals surface area contributed by atoms with E-state index in [9.17, 15) is 0 Å². The lowest BCUT2D eigenvalue weighted by molar-refractivity contribution is 0.0384. The zero-order valence-electron chi connectivity index (χ0n) is 8.82. The van der Waals surface area contributed by atoms with Crippen molar-refractivity contribution >= 4 is 0 Å². The fourth-order valence-corrected chi connectivity index (χ4v) is 1.61. The second kappa shape index (κ2) is 5.85. The summed E-state index contributed by atoms with van der Waals surface area (Å²) in [4.78, 5) is 2.40. The highest BCUT2D eigenvalue weighted by Crippen LogP contribution is 1.96. The van der Waals surface area contributed by atoms with Crippen LogP contribution in [0.2, 0.25) is 0 Å². The standard InChI is InChI=1S/C10H17N3O2/c1-6-15-12-10(1)9-11-2-3-13-4-7-14-8-5-13/h1,6,11H,2-5,7-9H2. The summed E-state index contributed by atoms with van der Waals surface area (Å²) in [6, 6.07) is 1.88. The Hall–Kier alpha value is -0.910. The van der Waals surface area contributed by atoms with Gasteiger partial charge in [-0.05, 0) is 0 Å². The molecule has 0 atom stereocenters. The van der Waals surface area contributed by atoms with E-state index in [1.807, 2.05) is 6.07 Å². The van der Waals surface area contributed by atoms with E-state index >= 15 is 0 Å². The molecule has 1 aromatic heterocycles. The number of hydrogen-bond donors (Lipinski definition) is 1. The molecule has 0 saturated carbocycles. The maximum atomic E-state index is 5.28. The minimum Gasteiger partial charge on any atom is -0.379 e. The molecule has 84 valence electrons. The molecule has 0 unspecified atom stereocenters. The Balaban J connectivity index is 1.54. The first-order chi connectivity index (χ1) is 7.45. The van der Waals surface area contributed by atoms with Gasteiger partial charge < -0.3 is 14.6 Å². The zero-order valence-corrected chi connectivity index (χ0v) is 8.82. The third kappa shape index (κ3) is 3.62. The highest BCUT2D eigenvalue weighted by molar-refractivity contribution is 4.94. The molecule has 0 aliphatic carbocycles. The molecule has 0 spiro atoms. The minimum absolute atomic E-state index is 0.779. The molecule has 1 fully saturated rings. The van der Waals surface area contributed by atoms with Gasteiger partial charge in [0.05, 0.1) is 18.9 Å². The second-order valence-corrected chi connectivity index (χ2v) is 3.62. The molecule has 1 N–H and O–H groups in total. The maximum Gasteiger partial charge on any atom is 0.124 e. The van der Waals surface area contributed by atoms with Gasteiger partial charge in [0.1, 0.15) is 6.26 Å². The van der Waals surface area contributed by atoms with Gasteiger partial charge in [0.15, 0.2) is 0 Å². The third-order valence-corrected chi connectivity index (χ3v) is 2.51. The molecule has 5 heteroatoms. The number of morpholine rings is 1. The molecule has 1 aromatic rings. The predicted octanol–water partition coefficient (Wildman–Crippen LogP) is 0.0964. The fraction of sp³-hybridized carbons (Fsp3) is 0.700. The van der Waals surface area contributed by atoms with Gasteiger partial charge in [0.25, 0.3) is 0 Å². The Morgan fingerprint density at radius 1 is 1.40 bits per heavy atom. The van der Waals surface area contributed by atoms with Crippen LogP contribution in [0.15, 0.2) is 16.9 Å². The Morgan fingerprint density at radius 2 is 2.27 bits per heavy atom. The van der Waals surface area contributed by atoms with E-state index in [-0.39, 0.29) is 0 Å². The molecule has 1 aliphatic rings. The van der Waals surface area contributed by atoms with Crippen molar-refractivity contribution in [1.29, 1.82) is 0 Å². The normalized spacial score (nSPS) is 18.1. The van der Waals surface area contributed by atoms with E-state index < -0.39 is 0 Å². The van der Waals surface area contributed by atoms with Gasteiger partial charge in [-0.3, -0.25) is 4.90 Å². The van der Waals surface area contributed by atoms with Crippen LogP contribution in [0.3, 0.4) is 0 Å². The summed E-state index contributed by atoms with van der Waals surface area (Å²) in [5, 5.41) is 7.16. The quantitative estimate of drug-likeness (QED) is 0.700. The molecule has 0 aromatic carbocycles. The Labute approximate surface area is 89.4 Å². The molecule has 2 rings (SSSR count). The van der Waals surface area contributed by atoms with Crippen molar-refractivity contribution in [2.75, 3.05) is 39.4 Å². The van der Waals surface area contributed by atoms with Crippen LogP contribution in [0.1, 0.15) is 5.69 Å². The lowest BCUT2D eigenvalue weighted by Crippen LogP contribution is -2.40. The van der Waals surface area contributed by atoms with Gasteiger partial charge in [-0.15, -0.1) is 0 Å². The van der Waals surface area contributed by atoms with E-state index in [0.717, 1.165) is 51.6 Å². The molecule has 0 bridgehead atoms. The lowest BCUT2D eigenvalue weighted by Gasteiger charge is -2.26. The average Bonchev–Trinajstić information content (AvgIpc) is 2.79. The minimum atomic E-state index is 0.779. The third-order valence-electron chi connectivity index (χ3n) is 2.51. The van der Waals surface area contributed by atoms with E-state index in [0.29, 0.717) is 0 Å². The van der Waals surface area contributed by atoms with Gasteiger partial charge in [-0.25, -0.2) is 0 Å². The predicted molar refractivity (Wildman–Crippen MR) is 55.5 cm³/mol. The molecular formula is C10H17N3O2. The van der Waals surface area contributed by atoms with Crippen LogP contribution in [0.25, 0.3) is 0 Å². The van der Waals surface area contributed by atoms with Crippen molar-refractivity contribution in [2.24, 2.45) is 0 Å². The number of nitrogens with one attached hydrogen (secondary N) is 1. The summed E-state index contributed by atoms with van der Waals surface area (Å²) in [5.41, 5.74) is 0.956. The SMILES string of the molecule is c1cc(CNCCN2CCOCC2)no1. The largest absolute Gasteiger partial charge is 0.379 e. The summed E-state index contributed by atoms with van der Waals surface area (Å²) in [6.45, 7) is 6.65. The van der Waals surface area contributed by atoms with Crippen molar-refractivity contribution in [3.8, 4) is 0 Å². The molecule has 1 saturated heterocycles. The number of ether oxygens (including phenoxy) is 1. The Morgan fingerprint density at radius 3 is 3.00 bits per heavy atom. The van der Waals surface area contributed by atoms with Crippen LogP contribution in [-0.2, 0) is 11.3 Å². The Kier molecular flexibility index (Phi) is 4.13. The van der Waals surface area contributed by atoms with Gasteiger partial charge in [-0.1, -0.05) is 5.16 Å². The van der Waals surface area contributed by atoms with E-state index in [4.69, 9.17) is 9.26 Å². The van der Waals surface area contributed by atoms with Gasteiger partial charge in [-0.2, -0.15) is 0 Å². The molecule has 5 nitrogen and oxygen atoms in total. The summed E-state index contributed by atoms with van der Waals surface area (Å²) in [6.07, 6.45) is 1.60.